The van der Waals surface area contributed by atoms with Gasteiger partial charge in [0.1, 0.15) is 0 Å². The molecule has 0 unspecified atom stereocenters. The number of anilines is 2. The van der Waals surface area contributed by atoms with E-state index in [1.165, 1.54) is 0 Å². The third-order valence-electron chi connectivity index (χ3n) is 3.88. The number of carbonyl (C=O) groups is 2. The van der Waals surface area contributed by atoms with Gasteiger partial charge in [-0.15, -0.1) is 0 Å². The Morgan fingerprint density at radius 3 is 2.31 bits per heavy atom. The van der Waals surface area contributed by atoms with Crippen LogP contribution in [0.25, 0.3) is 0 Å². The average Bonchev–Trinajstić information content (AvgIpc) is 2.65. The lowest BCUT2D eigenvalue weighted by molar-refractivity contribution is 0.0564. The maximum atomic E-state index is 12.3. The van der Waals surface area contributed by atoms with Gasteiger partial charge in [-0.05, 0) is 42.5 Å². The number of amides is 3. The molecule has 0 bridgehead atoms. The minimum Gasteiger partial charge on any atom is -0.378 e. The molecular formula is C18H17Cl2N3O3. The van der Waals surface area contributed by atoms with E-state index in [0.29, 0.717) is 53.3 Å². The Balaban J connectivity index is 1.61. The highest BCUT2D eigenvalue weighted by atomic mass is 35.5. The molecule has 26 heavy (non-hydrogen) atoms. The van der Waals surface area contributed by atoms with Crippen molar-refractivity contribution in [2.24, 2.45) is 0 Å². The molecule has 1 aliphatic rings. The van der Waals surface area contributed by atoms with Crippen LogP contribution in [-0.2, 0) is 4.74 Å². The van der Waals surface area contributed by atoms with Gasteiger partial charge in [0.15, 0.2) is 0 Å². The molecule has 1 fully saturated rings. The summed E-state index contributed by atoms with van der Waals surface area (Å²) in [6, 6.07) is 11.3. The van der Waals surface area contributed by atoms with Gasteiger partial charge in [-0.3, -0.25) is 4.79 Å². The number of benzene rings is 2. The van der Waals surface area contributed by atoms with Gasteiger partial charge in [0.05, 0.1) is 23.9 Å². The molecule has 0 radical (unpaired) electrons. The van der Waals surface area contributed by atoms with Crippen LogP contribution in [0.4, 0.5) is 16.2 Å². The van der Waals surface area contributed by atoms with Gasteiger partial charge in [0.2, 0.25) is 0 Å². The topological polar surface area (TPSA) is 70.7 Å². The molecule has 2 aromatic carbocycles. The molecule has 3 amide bonds. The fraction of sp³-hybridized carbons (Fsp3) is 0.222. The minimum absolute atomic E-state index is 0.182. The number of hydrogen-bond donors (Lipinski definition) is 2. The van der Waals surface area contributed by atoms with E-state index in [1.54, 1.807) is 47.4 Å². The number of morpholine rings is 1. The number of nitrogens with zero attached hydrogens (tertiary/aromatic N) is 1. The molecule has 3 rings (SSSR count). The first-order valence-corrected chi connectivity index (χ1v) is 8.78. The highest BCUT2D eigenvalue weighted by molar-refractivity contribution is 6.36. The van der Waals surface area contributed by atoms with Gasteiger partial charge < -0.3 is 20.3 Å². The summed E-state index contributed by atoms with van der Waals surface area (Å²) in [5, 5.41) is 6.39. The molecule has 1 heterocycles. The Kier molecular flexibility index (Phi) is 5.98. The maximum Gasteiger partial charge on any atom is 0.321 e. The van der Waals surface area contributed by atoms with Crippen LogP contribution >= 0.6 is 23.2 Å². The van der Waals surface area contributed by atoms with Crippen molar-refractivity contribution in [3.8, 4) is 0 Å². The first kappa shape index (κ1) is 18.5. The van der Waals surface area contributed by atoms with E-state index >= 15 is 0 Å². The molecular weight excluding hydrogens is 377 g/mol. The quantitative estimate of drug-likeness (QED) is 0.823. The summed E-state index contributed by atoms with van der Waals surface area (Å²) in [5.41, 5.74) is 1.54. The van der Waals surface area contributed by atoms with Crippen molar-refractivity contribution in [2.45, 2.75) is 0 Å². The van der Waals surface area contributed by atoms with Crippen LogP contribution in [0.2, 0.25) is 10.0 Å². The molecule has 0 aromatic heterocycles. The Morgan fingerprint density at radius 1 is 0.962 bits per heavy atom. The monoisotopic (exact) mass is 393 g/mol. The summed E-state index contributed by atoms with van der Waals surface area (Å²) in [6.45, 7) is 2.21. The van der Waals surface area contributed by atoms with Crippen LogP contribution in [-0.4, -0.2) is 43.1 Å². The second kappa shape index (κ2) is 8.40. The molecule has 0 spiro atoms. The minimum atomic E-state index is -0.305. The Labute approximate surface area is 161 Å². The summed E-state index contributed by atoms with van der Waals surface area (Å²) in [4.78, 5) is 26.2. The molecule has 8 heteroatoms. The van der Waals surface area contributed by atoms with Gasteiger partial charge in [0.25, 0.3) is 5.91 Å². The number of nitrogens with one attached hydrogen (secondary N) is 2. The van der Waals surface area contributed by atoms with Crippen molar-refractivity contribution in [1.82, 2.24) is 4.90 Å². The third-order valence-corrected chi connectivity index (χ3v) is 4.42. The zero-order valence-electron chi connectivity index (χ0n) is 13.8. The largest absolute Gasteiger partial charge is 0.378 e. The zero-order chi connectivity index (χ0) is 18.5. The smallest absolute Gasteiger partial charge is 0.321 e. The molecule has 136 valence electrons. The molecule has 2 aromatic rings. The van der Waals surface area contributed by atoms with Crippen molar-refractivity contribution < 1.29 is 14.3 Å². The molecule has 6 nitrogen and oxygen atoms in total. The normalized spacial score (nSPS) is 14.0. The number of hydrogen-bond acceptors (Lipinski definition) is 3. The van der Waals surface area contributed by atoms with Gasteiger partial charge in [-0.1, -0.05) is 23.2 Å². The average molecular weight is 394 g/mol. The molecule has 0 saturated carbocycles. The number of urea groups is 1. The summed E-state index contributed by atoms with van der Waals surface area (Å²) < 4.78 is 5.22. The summed E-state index contributed by atoms with van der Waals surface area (Å²) >= 11 is 11.9. The van der Waals surface area contributed by atoms with Crippen LogP contribution in [0.5, 0.6) is 0 Å². The van der Waals surface area contributed by atoms with Crippen LogP contribution in [0.15, 0.2) is 42.5 Å². The lowest BCUT2D eigenvalue weighted by Gasteiger charge is -2.26. The predicted octanol–water partition coefficient (Wildman–Crippen LogP) is 4.11. The van der Waals surface area contributed by atoms with E-state index in [2.05, 4.69) is 10.6 Å². The Hall–Kier alpha value is -2.28. The number of carbonyl (C=O) groups excluding carboxylic acids is 2. The van der Waals surface area contributed by atoms with Crippen molar-refractivity contribution >= 4 is 46.5 Å². The fourth-order valence-electron chi connectivity index (χ4n) is 2.46. The molecule has 1 saturated heterocycles. The molecule has 0 aliphatic carbocycles. The summed E-state index contributed by atoms with van der Waals surface area (Å²) in [5.74, 6) is -0.305. The van der Waals surface area contributed by atoms with E-state index in [0.717, 1.165) is 0 Å². The van der Waals surface area contributed by atoms with E-state index in [4.69, 9.17) is 27.9 Å². The van der Waals surface area contributed by atoms with Crippen LogP contribution < -0.4 is 10.6 Å². The maximum absolute atomic E-state index is 12.3. The highest BCUT2D eigenvalue weighted by Gasteiger charge is 2.17. The van der Waals surface area contributed by atoms with E-state index in [1.807, 2.05) is 0 Å². The second-order valence-corrected chi connectivity index (χ2v) is 6.53. The van der Waals surface area contributed by atoms with E-state index < -0.39 is 0 Å². The Morgan fingerprint density at radius 2 is 1.65 bits per heavy atom. The summed E-state index contributed by atoms with van der Waals surface area (Å²) in [6.07, 6.45) is 0. The zero-order valence-corrected chi connectivity index (χ0v) is 15.3. The van der Waals surface area contributed by atoms with Crippen molar-refractivity contribution in [3.05, 3.63) is 58.1 Å². The van der Waals surface area contributed by atoms with E-state index in [-0.39, 0.29) is 11.9 Å². The van der Waals surface area contributed by atoms with Gasteiger partial charge in [-0.25, -0.2) is 4.79 Å². The van der Waals surface area contributed by atoms with Crippen LogP contribution in [0, 0.1) is 0 Å². The van der Waals surface area contributed by atoms with Gasteiger partial charge >= 0.3 is 6.03 Å². The van der Waals surface area contributed by atoms with Crippen molar-refractivity contribution in [1.29, 1.82) is 0 Å². The number of halogens is 2. The lowest BCUT2D eigenvalue weighted by Crippen LogP contribution is -2.43. The number of rotatable bonds is 3. The summed E-state index contributed by atoms with van der Waals surface area (Å²) in [7, 11) is 0. The fourth-order valence-corrected chi connectivity index (χ4v) is 2.91. The van der Waals surface area contributed by atoms with Crippen LogP contribution in [0.3, 0.4) is 0 Å². The first-order chi connectivity index (χ1) is 12.5. The van der Waals surface area contributed by atoms with Gasteiger partial charge in [-0.2, -0.15) is 0 Å². The molecule has 1 aliphatic heterocycles. The third kappa shape index (κ3) is 4.66. The highest BCUT2D eigenvalue weighted by Crippen LogP contribution is 2.26. The van der Waals surface area contributed by atoms with E-state index in [9.17, 15) is 9.59 Å². The van der Waals surface area contributed by atoms with Crippen LogP contribution in [0.1, 0.15) is 10.4 Å². The number of ether oxygens (including phenoxy) is 1. The molecule has 2 N–H and O–H groups in total. The Bertz CT molecular complexity index is 806. The SMILES string of the molecule is O=C(Nc1ccc(Cl)cc1Cl)c1ccc(NC(=O)N2CCOCC2)cc1. The molecule has 0 atom stereocenters. The first-order valence-electron chi connectivity index (χ1n) is 8.03. The van der Waals surface area contributed by atoms with Gasteiger partial charge in [0, 0.05) is 29.4 Å². The lowest BCUT2D eigenvalue weighted by atomic mass is 10.2. The van der Waals surface area contributed by atoms with Crippen molar-refractivity contribution in [3.63, 3.8) is 0 Å². The second-order valence-electron chi connectivity index (χ2n) is 5.69. The van der Waals surface area contributed by atoms with Crippen molar-refractivity contribution in [2.75, 3.05) is 36.9 Å². The predicted molar refractivity (Wildman–Crippen MR) is 102 cm³/mol. The standard InChI is InChI=1S/C18H17Cl2N3O3/c19-13-3-6-16(15(20)11-13)22-17(24)12-1-4-14(5-2-12)21-18(25)23-7-9-26-10-8-23/h1-6,11H,7-10H2,(H,21,25)(H,22,24).